The van der Waals surface area contributed by atoms with Gasteiger partial charge in [0.15, 0.2) is 5.54 Å². The smallest absolute Gasteiger partial charge is 0.332 e. The Morgan fingerprint density at radius 3 is 2.50 bits per heavy atom. The highest BCUT2D eigenvalue weighted by molar-refractivity contribution is 5.88. The molecule has 1 rings (SSSR count). The number of aliphatic carboxylic acids is 1. The van der Waals surface area contributed by atoms with Crippen molar-refractivity contribution in [2.45, 2.75) is 12.0 Å². The molecule has 1 aliphatic rings. The van der Waals surface area contributed by atoms with Crippen LogP contribution in [0.1, 0.15) is 6.42 Å². The van der Waals surface area contributed by atoms with Gasteiger partial charge in [-0.05, 0) is 0 Å². The lowest BCUT2D eigenvalue weighted by Gasteiger charge is -2.23. The summed E-state index contributed by atoms with van der Waals surface area (Å²) in [4.78, 5) is 35.2. The number of amides is 3. The van der Waals surface area contributed by atoms with Crippen molar-refractivity contribution in [1.82, 2.24) is 15.5 Å². The Balaban J connectivity index is 2.48. The van der Waals surface area contributed by atoms with Gasteiger partial charge in [0.1, 0.15) is 0 Å². The maximum absolute atomic E-state index is 11.5. The third-order valence-electron chi connectivity index (χ3n) is 2.68. The summed E-state index contributed by atoms with van der Waals surface area (Å²) in [6.45, 7) is 0.0238. The van der Waals surface area contributed by atoms with Crippen LogP contribution in [0, 0.1) is 0 Å². The van der Waals surface area contributed by atoms with E-state index in [0.717, 1.165) is 0 Å². The van der Waals surface area contributed by atoms with Crippen molar-refractivity contribution in [2.24, 2.45) is 0 Å². The predicted octanol–water partition coefficient (Wildman–Crippen LogP) is -1.38. The molecule has 1 unspecified atom stereocenters. The summed E-state index contributed by atoms with van der Waals surface area (Å²) < 4.78 is 4.99. The molecule has 0 spiro atoms. The van der Waals surface area contributed by atoms with E-state index in [1.807, 2.05) is 0 Å². The fourth-order valence-corrected chi connectivity index (χ4v) is 1.46. The maximum Gasteiger partial charge on any atom is 0.332 e. The average Bonchev–Trinajstić information content (AvgIpc) is 2.75. The first kappa shape index (κ1) is 14.2. The van der Waals surface area contributed by atoms with E-state index in [9.17, 15) is 14.4 Å². The second kappa shape index (κ2) is 5.67. The molecule has 0 aromatic carbocycles. The summed E-state index contributed by atoms with van der Waals surface area (Å²) in [6.07, 6.45) is 0.206. The Morgan fingerprint density at radius 1 is 1.39 bits per heavy atom. The normalized spacial score (nSPS) is 22.3. The van der Waals surface area contributed by atoms with E-state index < -0.39 is 17.5 Å². The molecular formula is C10H17N3O5. The molecule has 1 fully saturated rings. The molecule has 8 heteroatoms. The highest BCUT2D eigenvalue weighted by Gasteiger charge is 2.44. The first-order valence-corrected chi connectivity index (χ1v) is 5.45. The van der Waals surface area contributed by atoms with Crippen LogP contribution in [0.5, 0.6) is 0 Å². The van der Waals surface area contributed by atoms with E-state index in [4.69, 9.17) is 9.84 Å². The number of ether oxygens (including phenoxy) is 1. The lowest BCUT2D eigenvalue weighted by atomic mass is 9.99. The number of carboxylic acids is 1. The van der Waals surface area contributed by atoms with Gasteiger partial charge in [-0.3, -0.25) is 4.79 Å². The number of carbonyl (C=O) groups excluding carboxylic acids is 2. The molecule has 102 valence electrons. The van der Waals surface area contributed by atoms with Crippen LogP contribution in [0.3, 0.4) is 0 Å². The van der Waals surface area contributed by atoms with Crippen LogP contribution in [0.25, 0.3) is 0 Å². The summed E-state index contributed by atoms with van der Waals surface area (Å²) in [6, 6.07) is -0.696. The summed E-state index contributed by atoms with van der Waals surface area (Å²) in [5.74, 6) is -1.42. The Hall–Kier alpha value is -1.83. The van der Waals surface area contributed by atoms with Gasteiger partial charge in [0, 0.05) is 27.1 Å². The van der Waals surface area contributed by atoms with E-state index in [0.29, 0.717) is 0 Å². The Kier molecular flexibility index (Phi) is 4.49. The zero-order valence-electron chi connectivity index (χ0n) is 10.4. The van der Waals surface area contributed by atoms with Gasteiger partial charge in [-0.2, -0.15) is 0 Å². The van der Waals surface area contributed by atoms with Crippen LogP contribution >= 0.6 is 0 Å². The number of carboxylic acid groups (broad SMARTS) is 1. The first-order chi connectivity index (χ1) is 8.37. The van der Waals surface area contributed by atoms with Gasteiger partial charge in [-0.15, -0.1) is 0 Å². The van der Waals surface area contributed by atoms with E-state index in [1.54, 1.807) is 14.1 Å². The number of hydrogen-bond donors (Lipinski definition) is 3. The van der Waals surface area contributed by atoms with Crippen molar-refractivity contribution in [3.8, 4) is 0 Å². The molecule has 0 aliphatic carbocycles. The van der Waals surface area contributed by atoms with E-state index in [2.05, 4.69) is 10.6 Å². The Morgan fingerprint density at radius 2 is 2.06 bits per heavy atom. The summed E-state index contributed by atoms with van der Waals surface area (Å²) in [7, 11) is 3.12. The molecule has 0 aromatic rings. The second-order valence-electron chi connectivity index (χ2n) is 4.29. The van der Waals surface area contributed by atoms with Gasteiger partial charge in [0.2, 0.25) is 5.91 Å². The fraction of sp³-hybridized carbons (Fsp3) is 0.700. The molecule has 1 aliphatic heterocycles. The Bertz CT molecular complexity index is 349. The molecule has 0 saturated carbocycles. The monoisotopic (exact) mass is 259 g/mol. The summed E-state index contributed by atoms with van der Waals surface area (Å²) >= 11 is 0. The summed E-state index contributed by atoms with van der Waals surface area (Å²) in [5, 5.41) is 13.7. The third kappa shape index (κ3) is 3.33. The zero-order chi connectivity index (χ0) is 13.8. The second-order valence-corrected chi connectivity index (χ2v) is 4.29. The number of nitrogens with zero attached hydrogens (tertiary/aromatic N) is 1. The number of urea groups is 1. The van der Waals surface area contributed by atoms with Crippen molar-refractivity contribution < 1.29 is 24.2 Å². The highest BCUT2D eigenvalue weighted by atomic mass is 16.5. The molecule has 3 amide bonds. The zero-order valence-corrected chi connectivity index (χ0v) is 10.4. The number of rotatable bonds is 4. The van der Waals surface area contributed by atoms with E-state index >= 15 is 0 Å². The van der Waals surface area contributed by atoms with Gasteiger partial charge in [-0.1, -0.05) is 0 Å². The van der Waals surface area contributed by atoms with Crippen LogP contribution in [-0.4, -0.2) is 67.3 Å². The molecule has 3 N–H and O–H groups in total. The molecule has 1 heterocycles. The standard InChI is InChI=1S/C10H17N3O5/c1-13(2)7(14)5-11-9(17)12-10(8(15)16)3-4-18-6-10/h3-6H2,1-2H3,(H,15,16)(H2,11,12,17). The van der Waals surface area contributed by atoms with Crippen molar-refractivity contribution >= 4 is 17.9 Å². The minimum Gasteiger partial charge on any atom is -0.479 e. The lowest BCUT2D eigenvalue weighted by Crippen LogP contribution is -2.58. The topological polar surface area (TPSA) is 108 Å². The molecular weight excluding hydrogens is 242 g/mol. The molecule has 0 radical (unpaired) electrons. The SMILES string of the molecule is CN(C)C(=O)CNC(=O)NC1(C(=O)O)CCOC1. The number of nitrogens with one attached hydrogen (secondary N) is 2. The predicted molar refractivity (Wildman–Crippen MR) is 61.0 cm³/mol. The van der Waals surface area contributed by atoms with Crippen molar-refractivity contribution in [3.63, 3.8) is 0 Å². The van der Waals surface area contributed by atoms with Crippen LogP contribution in [-0.2, 0) is 14.3 Å². The molecule has 0 bridgehead atoms. The largest absolute Gasteiger partial charge is 0.479 e. The van der Waals surface area contributed by atoms with Crippen LogP contribution in [0.2, 0.25) is 0 Å². The number of hydrogen-bond acceptors (Lipinski definition) is 4. The Labute approximate surface area is 104 Å². The first-order valence-electron chi connectivity index (χ1n) is 5.45. The summed E-state index contributed by atoms with van der Waals surface area (Å²) in [5.41, 5.74) is -1.40. The van der Waals surface area contributed by atoms with Gasteiger partial charge in [-0.25, -0.2) is 9.59 Å². The van der Waals surface area contributed by atoms with Crippen LogP contribution < -0.4 is 10.6 Å². The van der Waals surface area contributed by atoms with Crippen LogP contribution in [0.4, 0.5) is 4.79 Å². The fourth-order valence-electron chi connectivity index (χ4n) is 1.46. The minimum atomic E-state index is -1.40. The molecule has 18 heavy (non-hydrogen) atoms. The van der Waals surface area contributed by atoms with Crippen molar-refractivity contribution in [2.75, 3.05) is 33.9 Å². The number of carbonyl (C=O) groups is 3. The van der Waals surface area contributed by atoms with Crippen molar-refractivity contribution in [3.05, 3.63) is 0 Å². The van der Waals surface area contributed by atoms with E-state index in [1.165, 1.54) is 4.90 Å². The highest BCUT2D eigenvalue weighted by Crippen LogP contribution is 2.18. The van der Waals surface area contributed by atoms with Gasteiger partial charge in [0.05, 0.1) is 13.2 Å². The van der Waals surface area contributed by atoms with E-state index in [-0.39, 0.29) is 32.1 Å². The quantitative estimate of drug-likeness (QED) is 0.576. The minimum absolute atomic E-state index is 0.0720. The molecule has 8 nitrogen and oxygen atoms in total. The molecule has 1 atom stereocenters. The van der Waals surface area contributed by atoms with Gasteiger partial charge < -0.3 is 25.4 Å². The van der Waals surface area contributed by atoms with Gasteiger partial charge >= 0.3 is 12.0 Å². The molecule has 0 aromatic heterocycles. The number of likely N-dealkylation sites (N-methyl/N-ethyl adjacent to an activating group) is 1. The average molecular weight is 259 g/mol. The van der Waals surface area contributed by atoms with Gasteiger partial charge in [0.25, 0.3) is 0 Å². The lowest BCUT2D eigenvalue weighted by molar-refractivity contribution is -0.144. The maximum atomic E-state index is 11.5. The molecule has 1 saturated heterocycles. The van der Waals surface area contributed by atoms with Crippen molar-refractivity contribution in [1.29, 1.82) is 0 Å². The van der Waals surface area contributed by atoms with Crippen LogP contribution in [0.15, 0.2) is 0 Å². The third-order valence-corrected chi connectivity index (χ3v) is 2.68.